The van der Waals surface area contributed by atoms with Crippen molar-refractivity contribution in [2.45, 2.75) is 43.9 Å². The average molecular weight is 551 g/mol. The molecule has 2 aliphatic rings. The van der Waals surface area contributed by atoms with Gasteiger partial charge in [0.05, 0.1) is 27.9 Å². The molecule has 1 aliphatic carbocycles. The number of rotatable bonds is 6. The minimum Gasteiger partial charge on any atom is -0.490 e. The molecule has 2 aromatic heterocycles. The van der Waals surface area contributed by atoms with Crippen LogP contribution in [0.1, 0.15) is 49.2 Å². The molecule has 0 bridgehead atoms. The van der Waals surface area contributed by atoms with Crippen LogP contribution in [0.25, 0.3) is 11.3 Å². The lowest BCUT2D eigenvalue weighted by molar-refractivity contribution is 0.210. The van der Waals surface area contributed by atoms with Gasteiger partial charge in [-0.1, -0.05) is 35.3 Å². The summed E-state index contributed by atoms with van der Waals surface area (Å²) in [4.78, 5) is 6.69. The van der Waals surface area contributed by atoms with Crippen LogP contribution in [0, 0.1) is 0 Å². The zero-order valence-corrected chi connectivity index (χ0v) is 22.3. The fraction of sp³-hybridized carbons (Fsp3) is 0.241. The molecule has 2 unspecified atom stereocenters. The van der Waals surface area contributed by atoms with Gasteiger partial charge in [-0.25, -0.2) is 0 Å². The number of hydrogen-bond acceptors (Lipinski definition) is 4. The van der Waals surface area contributed by atoms with Gasteiger partial charge in [-0.2, -0.15) is 0 Å². The van der Waals surface area contributed by atoms with E-state index in [1.807, 2.05) is 66.7 Å². The van der Waals surface area contributed by atoms with Crippen LogP contribution in [-0.4, -0.2) is 16.2 Å². The van der Waals surface area contributed by atoms with Crippen molar-refractivity contribution in [3.63, 3.8) is 0 Å². The average Bonchev–Trinajstić information content (AvgIpc) is 3.67. The summed E-state index contributed by atoms with van der Waals surface area (Å²) < 4.78 is 12.6. The van der Waals surface area contributed by atoms with Gasteiger partial charge in [0.25, 0.3) is 0 Å². The molecule has 2 aromatic carbocycles. The summed E-state index contributed by atoms with van der Waals surface area (Å²) in [7, 11) is 0. The van der Waals surface area contributed by atoms with E-state index in [1.165, 1.54) is 12.8 Å². The van der Waals surface area contributed by atoms with Crippen LogP contribution >= 0.6 is 35.4 Å². The molecule has 5 nitrogen and oxygen atoms in total. The van der Waals surface area contributed by atoms with Crippen molar-refractivity contribution in [3.05, 3.63) is 100 Å². The normalized spacial score (nSPS) is 19.8. The van der Waals surface area contributed by atoms with E-state index in [-0.39, 0.29) is 12.1 Å². The Hall–Kier alpha value is -3.06. The number of halogens is 2. The molecule has 37 heavy (non-hydrogen) atoms. The van der Waals surface area contributed by atoms with Gasteiger partial charge in [0.15, 0.2) is 5.11 Å². The molecular formula is C29H25Cl2N3O2S. The van der Waals surface area contributed by atoms with E-state index in [9.17, 15) is 0 Å². The van der Waals surface area contributed by atoms with E-state index >= 15 is 0 Å². The fourth-order valence-corrected chi connectivity index (χ4v) is 5.90. The van der Waals surface area contributed by atoms with Crippen LogP contribution < -0.4 is 15.0 Å². The van der Waals surface area contributed by atoms with E-state index in [0.29, 0.717) is 27.0 Å². The molecule has 1 saturated carbocycles. The number of nitrogens with one attached hydrogen (secondary N) is 1. The standard InChI is InChI=1S/C29H25Cl2N3O2S/c30-22-9-5-8-21(26(22)31)24-15-16-25(36-24)28-27(23-10-3-4-17-32-23)33-29(37)34(28)18-11-13-20(14-12-18)35-19-6-1-2-7-19/h3-5,8-17,19,27-28H,1-2,6-7H2,(H,33,37). The van der Waals surface area contributed by atoms with Crippen molar-refractivity contribution in [1.82, 2.24) is 10.3 Å². The largest absolute Gasteiger partial charge is 0.490 e. The maximum atomic E-state index is 6.49. The first-order valence-electron chi connectivity index (χ1n) is 12.4. The van der Waals surface area contributed by atoms with Gasteiger partial charge >= 0.3 is 0 Å². The van der Waals surface area contributed by atoms with E-state index in [1.54, 1.807) is 12.3 Å². The van der Waals surface area contributed by atoms with E-state index in [4.69, 9.17) is 44.6 Å². The van der Waals surface area contributed by atoms with Crippen LogP contribution in [0.4, 0.5) is 5.69 Å². The van der Waals surface area contributed by atoms with Crippen molar-refractivity contribution < 1.29 is 9.15 Å². The van der Waals surface area contributed by atoms with Crippen LogP contribution in [0.2, 0.25) is 10.0 Å². The number of nitrogens with zero attached hydrogens (tertiary/aromatic N) is 2. The monoisotopic (exact) mass is 549 g/mol. The van der Waals surface area contributed by atoms with Gasteiger partial charge in [0.1, 0.15) is 23.3 Å². The molecule has 0 radical (unpaired) electrons. The Morgan fingerprint density at radius 3 is 2.51 bits per heavy atom. The number of thiocarbonyl (C=S) groups is 1. The third-order valence-electron chi connectivity index (χ3n) is 6.95. The second-order valence-electron chi connectivity index (χ2n) is 9.32. The maximum Gasteiger partial charge on any atom is 0.174 e. The topological polar surface area (TPSA) is 50.5 Å². The Morgan fingerprint density at radius 2 is 1.76 bits per heavy atom. The number of aromatic nitrogens is 1. The molecule has 188 valence electrons. The van der Waals surface area contributed by atoms with Crippen LogP contribution in [0.5, 0.6) is 5.75 Å². The van der Waals surface area contributed by atoms with Gasteiger partial charge in [-0.05, 0) is 98.6 Å². The summed E-state index contributed by atoms with van der Waals surface area (Å²) in [6.45, 7) is 0. The molecule has 3 heterocycles. The third kappa shape index (κ3) is 4.81. The molecule has 1 N–H and O–H groups in total. The first-order valence-corrected chi connectivity index (χ1v) is 13.6. The summed E-state index contributed by atoms with van der Waals surface area (Å²) in [5.74, 6) is 2.25. The molecule has 1 aliphatic heterocycles. The Labute approximate surface area is 231 Å². The fourth-order valence-electron chi connectivity index (χ4n) is 5.16. The SMILES string of the molecule is S=C1NC(c2ccccn2)C(c2ccc(-c3cccc(Cl)c3Cl)o2)N1c1ccc(OC2CCCC2)cc1. The molecule has 0 amide bonds. The van der Waals surface area contributed by atoms with Gasteiger partial charge in [-0.15, -0.1) is 0 Å². The molecule has 1 saturated heterocycles. The second-order valence-corrected chi connectivity index (χ2v) is 10.5. The van der Waals surface area contributed by atoms with Crippen LogP contribution in [0.3, 0.4) is 0 Å². The smallest absolute Gasteiger partial charge is 0.174 e. The van der Waals surface area contributed by atoms with Gasteiger partial charge in [-0.3, -0.25) is 4.98 Å². The molecule has 8 heteroatoms. The molecular weight excluding hydrogens is 525 g/mol. The quantitative estimate of drug-likeness (QED) is 0.245. The van der Waals surface area contributed by atoms with Crippen molar-refractivity contribution in [2.24, 2.45) is 0 Å². The Balaban J connectivity index is 1.36. The van der Waals surface area contributed by atoms with Crippen molar-refractivity contribution in [1.29, 1.82) is 0 Å². The molecule has 6 rings (SSSR count). The molecule has 2 atom stereocenters. The lowest BCUT2D eigenvalue weighted by Crippen LogP contribution is -2.29. The first kappa shape index (κ1) is 24.3. The molecule has 4 aromatic rings. The summed E-state index contributed by atoms with van der Waals surface area (Å²) in [5, 5.41) is 5.01. The lowest BCUT2D eigenvalue weighted by Gasteiger charge is -2.26. The summed E-state index contributed by atoms with van der Waals surface area (Å²) in [6.07, 6.45) is 6.80. The van der Waals surface area contributed by atoms with E-state index in [0.717, 1.165) is 41.3 Å². The van der Waals surface area contributed by atoms with E-state index < -0.39 is 0 Å². The summed E-state index contributed by atoms with van der Waals surface area (Å²) in [6, 6.07) is 22.9. The maximum absolute atomic E-state index is 6.49. The minimum atomic E-state index is -0.268. The lowest BCUT2D eigenvalue weighted by atomic mass is 10.0. The molecule has 0 spiro atoms. The van der Waals surface area contributed by atoms with Crippen molar-refractivity contribution >= 4 is 46.2 Å². The second kappa shape index (κ2) is 10.4. The van der Waals surface area contributed by atoms with Gasteiger partial charge in [0.2, 0.25) is 0 Å². The van der Waals surface area contributed by atoms with Crippen molar-refractivity contribution in [2.75, 3.05) is 4.90 Å². The van der Waals surface area contributed by atoms with E-state index in [2.05, 4.69) is 15.2 Å². The third-order valence-corrected chi connectivity index (χ3v) is 8.09. The Morgan fingerprint density at radius 1 is 0.946 bits per heavy atom. The Bertz CT molecular complexity index is 1400. The number of furan rings is 1. The summed E-state index contributed by atoms with van der Waals surface area (Å²) in [5.41, 5.74) is 2.55. The van der Waals surface area contributed by atoms with Gasteiger partial charge in [0, 0.05) is 17.4 Å². The highest BCUT2D eigenvalue weighted by Gasteiger charge is 2.42. The minimum absolute atomic E-state index is 0.211. The number of pyridine rings is 1. The highest BCUT2D eigenvalue weighted by atomic mass is 35.5. The predicted molar refractivity (Wildman–Crippen MR) is 151 cm³/mol. The van der Waals surface area contributed by atoms with Crippen LogP contribution in [0.15, 0.2) is 83.4 Å². The zero-order chi connectivity index (χ0) is 25.4. The van der Waals surface area contributed by atoms with Crippen molar-refractivity contribution in [3.8, 4) is 17.1 Å². The highest BCUT2D eigenvalue weighted by Crippen LogP contribution is 2.44. The number of ether oxygens (including phenoxy) is 1. The van der Waals surface area contributed by atoms with Crippen LogP contribution in [-0.2, 0) is 0 Å². The summed E-state index contributed by atoms with van der Waals surface area (Å²) >= 11 is 18.6. The highest BCUT2D eigenvalue weighted by molar-refractivity contribution is 7.80. The Kier molecular flexibility index (Phi) is 6.80. The first-order chi connectivity index (χ1) is 18.1. The molecule has 2 fully saturated rings. The predicted octanol–water partition coefficient (Wildman–Crippen LogP) is 8.15. The number of anilines is 1. The number of benzene rings is 2. The zero-order valence-electron chi connectivity index (χ0n) is 19.9. The number of hydrogen-bond donors (Lipinski definition) is 1. The van der Waals surface area contributed by atoms with Gasteiger partial charge < -0.3 is 19.4 Å².